The molecule has 0 spiro atoms. The van der Waals surface area contributed by atoms with Gasteiger partial charge in [-0.15, -0.1) is 0 Å². The Morgan fingerprint density at radius 1 is 1.38 bits per heavy atom. The number of nitro groups is 1. The van der Waals surface area contributed by atoms with E-state index >= 15 is 0 Å². The second kappa shape index (κ2) is 7.12. The van der Waals surface area contributed by atoms with Gasteiger partial charge in [0.2, 0.25) is 5.75 Å². The Hall–Kier alpha value is -2.90. The number of hydrogen-bond donors (Lipinski definition) is 0. The lowest BCUT2D eigenvalue weighted by molar-refractivity contribution is -0.385. The van der Waals surface area contributed by atoms with Crippen molar-refractivity contribution in [2.24, 2.45) is 0 Å². The summed E-state index contributed by atoms with van der Waals surface area (Å²) in [7, 11) is 0. The molecule has 0 N–H and O–H groups in total. The van der Waals surface area contributed by atoms with E-state index in [2.05, 4.69) is 0 Å². The fourth-order valence-corrected chi connectivity index (χ4v) is 2.13. The van der Waals surface area contributed by atoms with Crippen molar-refractivity contribution >= 4 is 22.6 Å². The fraction of sp³-hybridized carbons (Fsp3) is 0.375. The van der Waals surface area contributed by atoms with Crippen molar-refractivity contribution in [1.82, 2.24) is 0 Å². The monoisotopic (exact) mass is 335 g/mol. The summed E-state index contributed by atoms with van der Waals surface area (Å²) in [5.74, 6) is -0.792. The predicted molar refractivity (Wildman–Crippen MR) is 85.2 cm³/mol. The molecule has 1 aromatic heterocycles. The molecule has 0 saturated heterocycles. The molecule has 1 atom stereocenters. The molecule has 0 amide bonds. The molecule has 2 rings (SSSR count). The number of nitro benzene ring substituents is 1. The Bertz CT molecular complexity index is 840. The molecule has 24 heavy (non-hydrogen) atoms. The minimum absolute atomic E-state index is 0.148. The number of nitrogens with zero attached hydrogens (tertiary/aromatic N) is 1. The molecule has 1 heterocycles. The van der Waals surface area contributed by atoms with Gasteiger partial charge in [0.05, 0.1) is 11.5 Å². The summed E-state index contributed by atoms with van der Waals surface area (Å²) in [4.78, 5) is 33.9. The molecule has 0 saturated carbocycles. The molecule has 8 heteroatoms. The number of hydrogen-bond acceptors (Lipinski definition) is 7. The van der Waals surface area contributed by atoms with E-state index in [1.54, 1.807) is 6.92 Å². The number of rotatable bonds is 6. The molecule has 1 aromatic carbocycles. The SMILES string of the molecule is CCCOC(=O)C(C)Oc1cc2oc(=O)cc(C)c2cc1[N+](=O)[O-]. The molecule has 0 aliphatic rings. The van der Waals surface area contributed by atoms with E-state index in [1.807, 2.05) is 6.92 Å². The van der Waals surface area contributed by atoms with E-state index in [4.69, 9.17) is 13.9 Å². The van der Waals surface area contributed by atoms with E-state index in [1.165, 1.54) is 25.1 Å². The van der Waals surface area contributed by atoms with Crippen molar-refractivity contribution in [2.45, 2.75) is 33.3 Å². The van der Waals surface area contributed by atoms with Gasteiger partial charge in [-0.25, -0.2) is 9.59 Å². The number of carbonyl (C=O) groups excluding carboxylic acids is 1. The molecule has 0 fully saturated rings. The Morgan fingerprint density at radius 2 is 2.08 bits per heavy atom. The van der Waals surface area contributed by atoms with Crippen LogP contribution >= 0.6 is 0 Å². The van der Waals surface area contributed by atoms with Crippen LogP contribution in [0, 0.1) is 17.0 Å². The molecule has 0 aliphatic carbocycles. The lowest BCUT2D eigenvalue weighted by Crippen LogP contribution is -2.26. The van der Waals surface area contributed by atoms with Gasteiger partial charge >= 0.3 is 17.3 Å². The Morgan fingerprint density at radius 3 is 2.71 bits per heavy atom. The minimum Gasteiger partial charge on any atom is -0.472 e. The van der Waals surface area contributed by atoms with Crippen LogP contribution in [0.25, 0.3) is 11.0 Å². The number of carbonyl (C=O) groups is 1. The van der Waals surface area contributed by atoms with Gasteiger partial charge in [-0.05, 0) is 25.8 Å². The van der Waals surface area contributed by atoms with Gasteiger partial charge in [-0.3, -0.25) is 10.1 Å². The van der Waals surface area contributed by atoms with E-state index in [9.17, 15) is 19.7 Å². The molecular weight excluding hydrogens is 318 g/mol. The number of fused-ring (bicyclic) bond motifs is 1. The topological polar surface area (TPSA) is 109 Å². The van der Waals surface area contributed by atoms with Gasteiger partial charge in [-0.1, -0.05) is 6.92 Å². The summed E-state index contributed by atoms with van der Waals surface area (Å²) in [5.41, 5.74) is -0.203. The molecular formula is C16H17NO7. The van der Waals surface area contributed by atoms with Crippen LogP contribution in [0.2, 0.25) is 0 Å². The summed E-state index contributed by atoms with van der Waals surface area (Å²) < 4.78 is 15.4. The highest BCUT2D eigenvalue weighted by Gasteiger charge is 2.24. The van der Waals surface area contributed by atoms with Crippen LogP contribution < -0.4 is 10.4 Å². The van der Waals surface area contributed by atoms with E-state index in [0.717, 1.165) is 0 Å². The zero-order valence-corrected chi connectivity index (χ0v) is 13.5. The second-order valence-corrected chi connectivity index (χ2v) is 5.25. The Balaban J connectivity index is 2.44. The van der Waals surface area contributed by atoms with Crippen LogP contribution in [-0.2, 0) is 9.53 Å². The maximum Gasteiger partial charge on any atom is 0.347 e. The maximum atomic E-state index is 11.8. The van der Waals surface area contributed by atoms with Gasteiger partial charge < -0.3 is 13.9 Å². The fourth-order valence-electron chi connectivity index (χ4n) is 2.13. The first kappa shape index (κ1) is 17.5. The number of esters is 1. The maximum absolute atomic E-state index is 11.8. The van der Waals surface area contributed by atoms with Crippen molar-refractivity contribution in [2.75, 3.05) is 6.61 Å². The smallest absolute Gasteiger partial charge is 0.347 e. The lowest BCUT2D eigenvalue weighted by atomic mass is 10.1. The third-order valence-electron chi connectivity index (χ3n) is 3.31. The standard InChI is InChI=1S/C16H17NO7/c1-4-5-22-16(19)10(3)23-14-8-13-11(7-12(14)17(20)21)9(2)6-15(18)24-13/h6-8,10H,4-5H2,1-3H3. The van der Waals surface area contributed by atoms with E-state index < -0.39 is 22.6 Å². The predicted octanol–water partition coefficient (Wildman–Crippen LogP) is 2.73. The molecule has 1 unspecified atom stereocenters. The van der Waals surface area contributed by atoms with Gasteiger partial charge in [0.15, 0.2) is 6.10 Å². The quantitative estimate of drug-likeness (QED) is 0.345. The Labute approximate surface area is 137 Å². The van der Waals surface area contributed by atoms with Crippen molar-refractivity contribution < 1.29 is 23.6 Å². The van der Waals surface area contributed by atoms with Crippen molar-refractivity contribution in [1.29, 1.82) is 0 Å². The number of benzene rings is 1. The Kier molecular flexibility index (Phi) is 5.18. The molecule has 0 aliphatic heterocycles. The van der Waals surface area contributed by atoms with Crippen molar-refractivity contribution in [3.8, 4) is 5.75 Å². The summed E-state index contributed by atoms with van der Waals surface area (Å²) >= 11 is 0. The van der Waals surface area contributed by atoms with Crippen LogP contribution in [0.4, 0.5) is 5.69 Å². The third-order valence-corrected chi connectivity index (χ3v) is 3.31. The highest BCUT2D eigenvalue weighted by Crippen LogP contribution is 2.33. The summed E-state index contributed by atoms with van der Waals surface area (Å²) in [6.45, 7) is 5.16. The first-order chi connectivity index (χ1) is 11.3. The third kappa shape index (κ3) is 3.70. The van der Waals surface area contributed by atoms with Gasteiger partial charge in [0, 0.05) is 23.6 Å². The summed E-state index contributed by atoms with van der Waals surface area (Å²) in [6, 6.07) is 3.75. The zero-order valence-electron chi connectivity index (χ0n) is 13.5. The minimum atomic E-state index is -1.04. The average molecular weight is 335 g/mol. The van der Waals surface area contributed by atoms with Gasteiger partial charge in [0.1, 0.15) is 5.58 Å². The van der Waals surface area contributed by atoms with E-state index in [0.29, 0.717) is 17.4 Å². The van der Waals surface area contributed by atoms with Crippen molar-refractivity contribution in [3.63, 3.8) is 0 Å². The highest BCUT2D eigenvalue weighted by molar-refractivity contribution is 5.85. The number of ether oxygens (including phenoxy) is 2. The van der Waals surface area contributed by atoms with Crippen molar-refractivity contribution in [3.05, 3.63) is 44.3 Å². The first-order valence-corrected chi connectivity index (χ1v) is 7.39. The van der Waals surface area contributed by atoms with Crippen LogP contribution in [0.15, 0.2) is 27.4 Å². The van der Waals surface area contributed by atoms with Crippen LogP contribution in [-0.4, -0.2) is 23.6 Å². The van der Waals surface area contributed by atoms with Gasteiger partial charge in [-0.2, -0.15) is 0 Å². The normalized spacial score (nSPS) is 12.0. The average Bonchev–Trinajstić information content (AvgIpc) is 2.51. The first-order valence-electron chi connectivity index (χ1n) is 7.39. The summed E-state index contributed by atoms with van der Waals surface area (Å²) in [5, 5.41) is 11.7. The molecule has 0 bridgehead atoms. The number of aryl methyl sites for hydroxylation is 1. The van der Waals surface area contributed by atoms with Crippen LogP contribution in [0.3, 0.4) is 0 Å². The lowest BCUT2D eigenvalue weighted by Gasteiger charge is -2.14. The zero-order chi connectivity index (χ0) is 17.9. The molecule has 0 radical (unpaired) electrons. The molecule has 128 valence electrons. The summed E-state index contributed by atoms with van der Waals surface area (Å²) in [6.07, 6.45) is -0.386. The van der Waals surface area contributed by atoms with E-state index in [-0.39, 0.29) is 23.6 Å². The largest absolute Gasteiger partial charge is 0.472 e. The molecule has 2 aromatic rings. The highest BCUT2D eigenvalue weighted by atomic mass is 16.6. The van der Waals surface area contributed by atoms with Crippen LogP contribution in [0.5, 0.6) is 5.75 Å². The second-order valence-electron chi connectivity index (χ2n) is 5.25. The van der Waals surface area contributed by atoms with Crippen LogP contribution in [0.1, 0.15) is 25.8 Å². The molecule has 8 nitrogen and oxygen atoms in total. The van der Waals surface area contributed by atoms with Gasteiger partial charge in [0.25, 0.3) is 0 Å².